The minimum absolute atomic E-state index is 0.630. The standard InChI is InChI=1S/C20H23N5O/c1-15-12-19(23-14-17-6-9-21-10-7-17)25-20(24-15)22-11-8-16-4-3-5-18(13-16)26-2/h3-7,9-10,12-13H,8,11,14H2,1-2H3,(H2,22,23,24,25). The first-order chi connectivity index (χ1) is 12.7. The molecule has 0 aliphatic heterocycles. The van der Waals surface area contributed by atoms with Gasteiger partial charge in [-0.15, -0.1) is 0 Å². The van der Waals surface area contributed by atoms with Crippen molar-refractivity contribution in [2.75, 3.05) is 24.3 Å². The lowest BCUT2D eigenvalue weighted by atomic mass is 10.1. The van der Waals surface area contributed by atoms with Gasteiger partial charge in [0.15, 0.2) is 0 Å². The number of hydrogen-bond donors (Lipinski definition) is 2. The van der Waals surface area contributed by atoms with Crippen molar-refractivity contribution in [2.24, 2.45) is 0 Å². The second-order valence-electron chi connectivity index (χ2n) is 5.96. The zero-order valence-corrected chi connectivity index (χ0v) is 15.1. The van der Waals surface area contributed by atoms with E-state index in [1.165, 1.54) is 5.56 Å². The molecule has 0 atom stereocenters. The van der Waals surface area contributed by atoms with Gasteiger partial charge in [-0.3, -0.25) is 4.98 Å². The number of nitrogens with zero attached hydrogens (tertiary/aromatic N) is 3. The van der Waals surface area contributed by atoms with E-state index in [1.54, 1.807) is 19.5 Å². The largest absolute Gasteiger partial charge is 0.497 e. The molecule has 0 saturated carbocycles. The van der Waals surface area contributed by atoms with Gasteiger partial charge < -0.3 is 15.4 Å². The number of aryl methyl sites for hydroxylation is 1. The fraction of sp³-hybridized carbons (Fsp3) is 0.250. The van der Waals surface area contributed by atoms with E-state index in [0.717, 1.165) is 35.8 Å². The molecule has 0 aliphatic carbocycles. The van der Waals surface area contributed by atoms with Crippen LogP contribution in [-0.2, 0) is 13.0 Å². The van der Waals surface area contributed by atoms with Crippen LogP contribution in [0.3, 0.4) is 0 Å². The molecule has 0 radical (unpaired) electrons. The number of hydrogen-bond acceptors (Lipinski definition) is 6. The minimum atomic E-state index is 0.630. The molecular formula is C20H23N5O. The fourth-order valence-electron chi connectivity index (χ4n) is 2.58. The second-order valence-corrected chi connectivity index (χ2v) is 5.96. The third-order valence-electron chi connectivity index (χ3n) is 3.91. The fourth-order valence-corrected chi connectivity index (χ4v) is 2.58. The van der Waals surface area contributed by atoms with Gasteiger partial charge in [0.2, 0.25) is 5.95 Å². The van der Waals surface area contributed by atoms with Gasteiger partial charge in [-0.2, -0.15) is 4.98 Å². The summed E-state index contributed by atoms with van der Waals surface area (Å²) in [4.78, 5) is 13.0. The number of anilines is 2. The molecule has 0 amide bonds. The molecule has 0 saturated heterocycles. The summed E-state index contributed by atoms with van der Waals surface area (Å²) in [5, 5.41) is 6.63. The molecular weight excluding hydrogens is 326 g/mol. The quantitative estimate of drug-likeness (QED) is 0.649. The number of ether oxygens (including phenoxy) is 1. The van der Waals surface area contributed by atoms with Crippen molar-refractivity contribution >= 4 is 11.8 Å². The number of aromatic nitrogens is 3. The Kier molecular flexibility index (Phi) is 5.98. The molecule has 0 spiro atoms. The monoisotopic (exact) mass is 349 g/mol. The third-order valence-corrected chi connectivity index (χ3v) is 3.91. The van der Waals surface area contributed by atoms with Gasteiger partial charge in [0.1, 0.15) is 11.6 Å². The Morgan fingerprint density at radius 1 is 0.962 bits per heavy atom. The Balaban J connectivity index is 1.56. The van der Waals surface area contributed by atoms with E-state index in [9.17, 15) is 0 Å². The number of pyridine rings is 1. The summed E-state index contributed by atoms with van der Waals surface area (Å²) in [7, 11) is 1.68. The molecule has 2 aromatic heterocycles. The highest BCUT2D eigenvalue weighted by Crippen LogP contribution is 2.14. The molecule has 0 aliphatic rings. The predicted octanol–water partition coefficient (Wildman–Crippen LogP) is 3.46. The normalized spacial score (nSPS) is 10.4. The van der Waals surface area contributed by atoms with Crippen molar-refractivity contribution in [1.82, 2.24) is 15.0 Å². The third kappa shape index (κ3) is 5.17. The molecule has 2 N–H and O–H groups in total. The summed E-state index contributed by atoms with van der Waals surface area (Å²) >= 11 is 0. The summed E-state index contributed by atoms with van der Waals surface area (Å²) in [5.41, 5.74) is 3.28. The second kappa shape index (κ2) is 8.80. The smallest absolute Gasteiger partial charge is 0.224 e. The molecule has 3 rings (SSSR count). The molecule has 3 aromatic rings. The maximum Gasteiger partial charge on any atom is 0.224 e. The van der Waals surface area contributed by atoms with E-state index in [4.69, 9.17) is 4.74 Å². The summed E-state index contributed by atoms with van der Waals surface area (Å²) in [6, 6.07) is 14.0. The van der Waals surface area contributed by atoms with Crippen molar-refractivity contribution in [3.8, 4) is 5.75 Å². The van der Waals surface area contributed by atoms with Crippen molar-refractivity contribution in [3.63, 3.8) is 0 Å². The number of rotatable bonds is 8. The van der Waals surface area contributed by atoms with Gasteiger partial charge in [0.25, 0.3) is 0 Å². The van der Waals surface area contributed by atoms with Crippen LogP contribution < -0.4 is 15.4 Å². The lowest BCUT2D eigenvalue weighted by Crippen LogP contribution is -2.10. The number of nitrogens with one attached hydrogen (secondary N) is 2. The van der Waals surface area contributed by atoms with E-state index in [1.807, 2.05) is 43.3 Å². The number of methoxy groups -OCH3 is 1. The SMILES string of the molecule is COc1cccc(CCNc2nc(C)cc(NCc3ccncc3)n2)c1. The Labute approximate surface area is 153 Å². The van der Waals surface area contributed by atoms with Crippen LogP contribution >= 0.6 is 0 Å². The van der Waals surface area contributed by atoms with Crippen LogP contribution in [0, 0.1) is 6.92 Å². The molecule has 6 nitrogen and oxygen atoms in total. The van der Waals surface area contributed by atoms with Crippen molar-refractivity contribution in [3.05, 3.63) is 71.7 Å². The highest BCUT2D eigenvalue weighted by Gasteiger charge is 2.03. The number of benzene rings is 1. The topological polar surface area (TPSA) is 72.0 Å². The van der Waals surface area contributed by atoms with Gasteiger partial charge in [0.05, 0.1) is 7.11 Å². The van der Waals surface area contributed by atoms with Crippen LogP contribution in [0.4, 0.5) is 11.8 Å². The average molecular weight is 349 g/mol. The molecule has 134 valence electrons. The molecule has 1 aromatic carbocycles. The summed E-state index contributed by atoms with van der Waals surface area (Å²) in [6.45, 7) is 3.41. The van der Waals surface area contributed by atoms with Crippen molar-refractivity contribution in [1.29, 1.82) is 0 Å². The van der Waals surface area contributed by atoms with Crippen LogP contribution in [-0.4, -0.2) is 28.6 Å². The van der Waals surface area contributed by atoms with Gasteiger partial charge >= 0.3 is 0 Å². The van der Waals surface area contributed by atoms with Crippen molar-refractivity contribution < 1.29 is 4.74 Å². The van der Waals surface area contributed by atoms with Gasteiger partial charge in [-0.1, -0.05) is 12.1 Å². The Morgan fingerprint density at radius 3 is 2.62 bits per heavy atom. The minimum Gasteiger partial charge on any atom is -0.497 e. The van der Waals surface area contributed by atoms with Gasteiger partial charge in [0, 0.05) is 37.2 Å². The van der Waals surface area contributed by atoms with Crippen LogP contribution in [0.2, 0.25) is 0 Å². The van der Waals surface area contributed by atoms with Crippen LogP contribution in [0.5, 0.6) is 5.75 Å². The molecule has 0 bridgehead atoms. The Bertz CT molecular complexity index is 839. The predicted molar refractivity (Wildman–Crippen MR) is 104 cm³/mol. The maximum atomic E-state index is 5.26. The summed E-state index contributed by atoms with van der Waals surface area (Å²) in [6.07, 6.45) is 4.44. The highest BCUT2D eigenvalue weighted by atomic mass is 16.5. The van der Waals surface area contributed by atoms with E-state index < -0.39 is 0 Å². The Hall–Kier alpha value is -3.15. The molecule has 2 heterocycles. The molecule has 0 fully saturated rings. The zero-order chi connectivity index (χ0) is 18.2. The van der Waals surface area contributed by atoms with Crippen LogP contribution in [0.15, 0.2) is 54.9 Å². The van der Waals surface area contributed by atoms with E-state index in [-0.39, 0.29) is 0 Å². The van der Waals surface area contributed by atoms with Crippen LogP contribution in [0.1, 0.15) is 16.8 Å². The molecule has 6 heteroatoms. The van der Waals surface area contributed by atoms with Crippen LogP contribution in [0.25, 0.3) is 0 Å². The first-order valence-corrected chi connectivity index (χ1v) is 8.58. The van der Waals surface area contributed by atoms with Gasteiger partial charge in [-0.05, 0) is 48.7 Å². The van der Waals surface area contributed by atoms with Gasteiger partial charge in [-0.25, -0.2) is 4.98 Å². The first kappa shape index (κ1) is 17.7. The summed E-state index contributed by atoms with van der Waals surface area (Å²) in [5.74, 6) is 2.31. The lowest BCUT2D eigenvalue weighted by Gasteiger charge is -2.10. The lowest BCUT2D eigenvalue weighted by molar-refractivity contribution is 0.414. The van der Waals surface area contributed by atoms with Crippen molar-refractivity contribution in [2.45, 2.75) is 19.9 Å². The van der Waals surface area contributed by atoms with E-state index in [0.29, 0.717) is 12.5 Å². The highest BCUT2D eigenvalue weighted by molar-refractivity contribution is 5.42. The summed E-state index contributed by atoms with van der Waals surface area (Å²) < 4.78 is 5.26. The zero-order valence-electron chi connectivity index (χ0n) is 15.1. The molecule has 0 unspecified atom stereocenters. The first-order valence-electron chi connectivity index (χ1n) is 8.58. The molecule has 26 heavy (non-hydrogen) atoms. The van der Waals surface area contributed by atoms with E-state index >= 15 is 0 Å². The maximum absolute atomic E-state index is 5.26. The average Bonchev–Trinajstić information content (AvgIpc) is 2.67. The Morgan fingerprint density at radius 2 is 1.81 bits per heavy atom. The van der Waals surface area contributed by atoms with E-state index in [2.05, 4.69) is 31.7 Å².